The van der Waals surface area contributed by atoms with Crippen LogP contribution in [-0.4, -0.2) is 10.2 Å². The molecule has 1 aromatic carbocycles. The third-order valence-electron chi connectivity index (χ3n) is 4.25. The zero-order valence-electron chi connectivity index (χ0n) is 12.2. The van der Waals surface area contributed by atoms with E-state index in [1.165, 1.54) is 12.0 Å². The topological polar surface area (TPSA) is 51.0 Å². The van der Waals surface area contributed by atoms with Gasteiger partial charge in [-0.15, -0.1) is 21.5 Å². The van der Waals surface area contributed by atoms with Gasteiger partial charge in [-0.2, -0.15) is 0 Å². The molecule has 0 radical (unpaired) electrons. The molecule has 0 aliphatic heterocycles. The van der Waals surface area contributed by atoms with Gasteiger partial charge in [-0.1, -0.05) is 36.4 Å². The maximum atomic E-state index is 5.95. The Balaban J connectivity index is 1.54. The van der Waals surface area contributed by atoms with Crippen molar-refractivity contribution in [1.29, 1.82) is 0 Å². The van der Waals surface area contributed by atoms with Gasteiger partial charge in [-0.05, 0) is 36.3 Å². The summed E-state index contributed by atoms with van der Waals surface area (Å²) in [5.74, 6) is 1.34. The van der Waals surface area contributed by atoms with Crippen LogP contribution in [0.2, 0.25) is 0 Å². The Morgan fingerprint density at radius 1 is 1.09 bits per heavy atom. The average Bonchev–Trinajstić information content (AvgIpc) is 3.18. The van der Waals surface area contributed by atoms with Gasteiger partial charge in [0.05, 0.1) is 10.4 Å². The van der Waals surface area contributed by atoms with E-state index >= 15 is 0 Å². The van der Waals surface area contributed by atoms with Crippen molar-refractivity contribution in [2.24, 2.45) is 0 Å². The number of rotatable bonds is 5. The van der Waals surface area contributed by atoms with Crippen LogP contribution < -0.4 is 5.32 Å². The van der Waals surface area contributed by atoms with E-state index in [0.29, 0.717) is 5.89 Å². The standard InChI is InChI=1S/C17H17N3OS/c1-2-6-13(7-3-1)12-18-17(9-5-10-17)16-20-19-15(21-16)14-8-4-11-22-14/h1-4,6-8,11,18H,5,9-10,12H2. The molecule has 0 amide bonds. The lowest BCUT2D eigenvalue weighted by molar-refractivity contribution is 0.141. The summed E-state index contributed by atoms with van der Waals surface area (Å²) in [5, 5.41) is 14.2. The number of thiophene rings is 1. The molecule has 1 saturated carbocycles. The molecule has 1 N–H and O–H groups in total. The zero-order chi connectivity index (χ0) is 14.8. The van der Waals surface area contributed by atoms with E-state index in [-0.39, 0.29) is 5.54 Å². The highest BCUT2D eigenvalue weighted by Crippen LogP contribution is 2.41. The van der Waals surface area contributed by atoms with Gasteiger partial charge in [0.2, 0.25) is 5.89 Å². The summed E-state index contributed by atoms with van der Waals surface area (Å²) in [6, 6.07) is 14.4. The maximum absolute atomic E-state index is 5.95. The monoisotopic (exact) mass is 311 g/mol. The quantitative estimate of drug-likeness (QED) is 0.774. The lowest BCUT2D eigenvalue weighted by Gasteiger charge is -2.39. The highest BCUT2D eigenvalue weighted by molar-refractivity contribution is 7.13. The van der Waals surface area contributed by atoms with E-state index in [0.717, 1.165) is 30.2 Å². The molecule has 112 valence electrons. The normalized spacial score (nSPS) is 16.4. The van der Waals surface area contributed by atoms with Crippen LogP contribution in [-0.2, 0) is 12.1 Å². The molecule has 5 heteroatoms. The third-order valence-corrected chi connectivity index (χ3v) is 5.11. The molecule has 1 fully saturated rings. The van der Waals surface area contributed by atoms with Crippen LogP contribution >= 0.6 is 11.3 Å². The highest BCUT2D eigenvalue weighted by Gasteiger charge is 2.43. The number of benzene rings is 1. The first-order chi connectivity index (χ1) is 10.9. The van der Waals surface area contributed by atoms with Gasteiger partial charge in [-0.3, -0.25) is 5.32 Å². The first-order valence-electron chi connectivity index (χ1n) is 7.53. The van der Waals surface area contributed by atoms with E-state index in [4.69, 9.17) is 4.42 Å². The molecule has 2 aromatic heterocycles. The Morgan fingerprint density at radius 2 is 1.95 bits per heavy atom. The van der Waals surface area contributed by atoms with Gasteiger partial charge in [0.1, 0.15) is 0 Å². The predicted molar refractivity (Wildman–Crippen MR) is 86.4 cm³/mol. The minimum Gasteiger partial charge on any atom is -0.418 e. The molecule has 0 bridgehead atoms. The highest BCUT2D eigenvalue weighted by atomic mass is 32.1. The van der Waals surface area contributed by atoms with E-state index in [9.17, 15) is 0 Å². The van der Waals surface area contributed by atoms with Crippen molar-refractivity contribution in [2.45, 2.75) is 31.3 Å². The molecule has 0 spiro atoms. The van der Waals surface area contributed by atoms with E-state index in [1.807, 2.05) is 23.6 Å². The second kappa shape index (κ2) is 5.66. The fourth-order valence-electron chi connectivity index (χ4n) is 2.78. The zero-order valence-corrected chi connectivity index (χ0v) is 13.0. The fraction of sp³-hybridized carbons (Fsp3) is 0.294. The minimum atomic E-state index is -0.154. The summed E-state index contributed by atoms with van der Waals surface area (Å²) in [7, 11) is 0. The van der Waals surface area contributed by atoms with Gasteiger partial charge in [0.25, 0.3) is 5.89 Å². The Kier molecular flexibility index (Phi) is 3.52. The first kappa shape index (κ1) is 13.7. The summed E-state index contributed by atoms with van der Waals surface area (Å²) in [6.45, 7) is 0.817. The number of hydrogen-bond acceptors (Lipinski definition) is 5. The van der Waals surface area contributed by atoms with Crippen LogP contribution in [0.4, 0.5) is 0 Å². The molecule has 4 nitrogen and oxygen atoms in total. The van der Waals surface area contributed by atoms with Crippen LogP contribution in [0.1, 0.15) is 30.7 Å². The molecule has 22 heavy (non-hydrogen) atoms. The SMILES string of the molecule is c1ccc(CNC2(c3nnc(-c4cccs4)o3)CCC2)cc1. The summed E-state index contributed by atoms with van der Waals surface area (Å²) < 4.78 is 5.95. The van der Waals surface area contributed by atoms with Gasteiger partial charge in [0, 0.05) is 6.54 Å². The molecule has 1 aliphatic rings. The number of nitrogens with one attached hydrogen (secondary N) is 1. The van der Waals surface area contributed by atoms with Crippen LogP contribution in [0, 0.1) is 0 Å². The average molecular weight is 311 g/mol. The molecular formula is C17H17N3OS. The third kappa shape index (κ3) is 2.46. The Morgan fingerprint density at radius 3 is 2.64 bits per heavy atom. The van der Waals surface area contributed by atoms with Crippen molar-refractivity contribution < 1.29 is 4.42 Å². The molecule has 0 unspecified atom stereocenters. The number of aromatic nitrogens is 2. The van der Waals surface area contributed by atoms with Crippen molar-refractivity contribution in [3.8, 4) is 10.8 Å². The number of hydrogen-bond donors (Lipinski definition) is 1. The molecule has 2 heterocycles. The largest absolute Gasteiger partial charge is 0.418 e. The fourth-order valence-corrected chi connectivity index (χ4v) is 3.42. The van der Waals surface area contributed by atoms with Crippen LogP contribution in [0.25, 0.3) is 10.8 Å². The van der Waals surface area contributed by atoms with Gasteiger partial charge >= 0.3 is 0 Å². The summed E-state index contributed by atoms with van der Waals surface area (Å²) in [5.41, 5.74) is 1.12. The minimum absolute atomic E-state index is 0.154. The van der Waals surface area contributed by atoms with Crippen molar-refractivity contribution in [1.82, 2.24) is 15.5 Å². The lowest BCUT2D eigenvalue weighted by Crippen LogP contribution is -2.47. The molecule has 1 aliphatic carbocycles. The number of nitrogens with zero attached hydrogens (tertiary/aromatic N) is 2. The maximum Gasteiger partial charge on any atom is 0.257 e. The molecule has 4 rings (SSSR count). The Hall–Kier alpha value is -1.98. The summed E-state index contributed by atoms with van der Waals surface area (Å²) in [4.78, 5) is 1.02. The van der Waals surface area contributed by atoms with Gasteiger partial charge in [-0.25, -0.2) is 0 Å². The van der Waals surface area contributed by atoms with Gasteiger partial charge in [0.15, 0.2) is 0 Å². The van der Waals surface area contributed by atoms with E-state index in [1.54, 1.807) is 11.3 Å². The second-order valence-corrected chi connectivity index (χ2v) is 6.61. The summed E-state index contributed by atoms with van der Waals surface area (Å²) in [6.07, 6.45) is 3.29. The Bertz CT molecular complexity index is 732. The van der Waals surface area contributed by atoms with E-state index < -0.39 is 0 Å². The molecular weight excluding hydrogens is 294 g/mol. The van der Waals surface area contributed by atoms with Gasteiger partial charge < -0.3 is 4.42 Å². The first-order valence-corrected chi connectivity index (χ1v) is 8.41. The molecule has 3 aromatic rings. The van der Waals surface area contributed by atoms with Crippen molar-refractivity contribution in [3.63, 3.8) is 0 Å². The summed E-state index contributed by atoms with van der Waals surface area (Å²) >= 11 is 1.62. The smallest absolute Gasteiger partial charge is 0.257 e. The van der Waals surface area contributed by atoms with Crippen molar-refractivity contribution in [3.05, 3.63) is 59.3 Å². The second-order valence-electron chi connectivity index (χ2n) is 5.66. The van der Waals surface area contributed by atoms with Crippen molar-refractivity contribution in [2.75, 3.05) is 0 Å². The molecule has 0 atom stereocenters. The lowest BCUT2D eigenvalue weighted by atomic mass is 9.76. The predicted octanol–water partition coefficient (Wildman–Crippen LogP) is 3.97. The van der Waals surface area contributed by atoms with Crippen molar-refractivity contribution >= 4 is 11.3 Å². The van der Waals surface area contributed by atoms with Crippen LogP contribution in [0.5, 0.6) is 0 Å². The van der Waals surface area contributed by atoms with Crippen LogP contribution in [0.3, 0.4) is 0 Å². The Labute approximate surface area is 133 Å². The van der Waals surface area contributed by atoms with Crippen LogP contribution in [0.15, 0.2) is 52.3 Å². The molecule has 0 saturated heterocycles. The van der Waals surface area contributed by atoms with E-state index in [2.05, 4.69) is 39.8 Å².